The molecule has 6 heteroatoms. The van der Waals surface area contributed by atoms with Gasteiger partial charge in [-0.25, -0.2) is 9.59 Å². The first kappa shape index (κ1) is 16.0. The van der Waals surface area contributed by atoms with E-state index in [0.717, 1.165) is 17.3 Å². The van der Waals surface area contributed by atoms with Crippen molar-refractivity contribution in [1.82, 2.24) is 0 Å². The van der Waals surface area contributed by atoms with E-state index in [9.17, 15) is 9.59 Å². The topological polar surface area (TPSA) is 63.6 Å². The number of carboxylic acid groups (broad SMARTS) is 1. The van der Waals surface area contributed by atoms with Gasteiger partial charge in [0.15, 0.2) is 0 Å². The largest absolute Gasteiger partial charge is 0.478 e. The summed E-state index contributed by atoms with van der Waals surface area (Å²) in [5, 5.41) is 9.29. The molecule has 1 fully saturated rings. The van der Waals surface area contributed by atoms with Crippen molar-refractivity contribution in [3.05, 3.63) is 47.5 Å². The maximum absolute atomic E-state index is 12.0. The average Bonchev–Trinajstić information content (AvgIpc) is 2.69. The summed E-state index contributed by atoms with van der Waals surface area (Å²) in [6.07, 6.45) is 0. The number of hydrogen-bond donors (Lipinski definition) is 1. The van der Waals surface area contributed by atoms with E-state index in [-0.39, 0.29) is 23.0 Å². The molecule has 1 unspecified atom stereocenters. The van der Waals surface area contributed by atoms with Gasteiger partial charge in [-0.2, -0.15) is 11.8 Å². The molecule has 112 valence electrons. The number of carbonyl (C=O) groups excluding carboxylic acids is 1. The molecule has 1 aliphatic heterocycles. The Morgan fingerprint density at radius 2 is 2.00 bits per heavy atom. The number of carbonyl (C=O) groups is 2. The molecule has 1 atom stereocenters. The van der Waals surface area contributed by atoms with Crippen LogP contribution in [-0.2, 0) is 4.74 Å². The summed E-state index contributed by atoms with van der Waals surface area (Å²) >= 11 is 3.51. The van der Waals surface area contributed by atoms with Gasteiger partial charge in [0.05, 0.1) is 11.1 Å². The fraction of sp³-hybridized carbons (Fsp3) is 0.333. The Hall–Kier alpha value is -1.40. The third-order valence-electron chi connectivity index (χ3n) is 2.91. The predicted octanol–water partition coefficient (Wildman–Crippen LogP) is 2.95. The SMILES string of the molecule is C=C1CSCC(COC(=O)c2ccccc2C(=O)O)SC1. The zero-order valence-corrected chi connectivity index (χ0v) is 13.0. The molecule has 21 heavy (non-hydrogen) atoms. The van der Waals surface area contributed by atoms with Crippen LogP contribution in [0.4, 0.5) is 0 Å². The Morgan fingerprint density at radius 3 is 2.71 bits per heavy atom. The summed E-state index contributed by atoms with van der Waals surface area (Å²) in [7, 11) is 0. The second-order valence-corrected chi connectivity index (χ2v) is 6.97. The zero-order valence-electron chi connectivity index (χ0n) is 11.4. The van der Waals surface area contributed by atoms with Gasteiger partial charge < -0.3 is 9.84 Å². The van der Waals surface area contributed by atoms with Crippen molar-refractivity contribution in [3.8, 4) is 0 Å². The van der Waals surface area contributed by atoms with Gasteiger partial charge in [0.2, 0.25) is 0 Å². The number of thioether (sulfide) groups is 2. The van der Waals surface area contributed by atoms with Crippen LogP contribution in [0.2, 0.25) is 0 Å². The van der Waals surface area contributed by atoms with E-state index in [1.807, 2.05) is 0 Å². The van der Waals surface area contributed by atoms with Crippen LogP contribution in [0.5, 0.6) is 0 Å². The van der Waals surface area contributed by atoms with Gasteiger partial charge in [-0.3, -0.25) is 0 Å². The molecule has 0 radical (unpaired) electrons. The summed E-state index contributed by atoms with van der Waals surface area (Å²) in [6.45, 7) is 4.26. The summed E-state index contributed by atoms with van der Waals surface area (Å²) < 4.78 is 5.28. The molecular weight excluding hydrogens is 308 g/mol. The molecule has 4 nitrogen and oxygen atoms in total. The Bertz CT molecular complexity index is 556. The van der Waals surface area contributed by atoms with Crippen LogP contribution in [-0.4, -0.2) is 46.2 Å². The number of esters is 1. The Balaban J connectivity index is 1.96. The van der Waals surface area contributed by atoms with Crippen LogP contribution in [0.25, 0.3) is 0 Å². The van der Waals surface area contributed by atoms with Crippen molar-refractivity contribution < 1.29 is 19.4 Å². The molecule has 0 bridgehead atoms. The number of hydrogen-bond acceptors (Lipinski definition) is 5. The molecule has 1 N–H and O–H groups in total. The molecule has 1 aromatic rings. The summed E-state index contributed by atoms with van der Waals surface area (Å²) in [5.74, 6) is 1.01. The first-order valence-corrected chi connectivity index (χ1v) is 8.63. The number of aromatic carboxylic acids is 1. The first-order chi connectivity index (χ1) is 10.1. The van der Waals surface area contributed by atoms with E-state index < -0.39 is 11.9 Å². The molecule has 0 saturated carbocycles. The fourth-order valence-electron chi connectivity index (χ4n) is 1.85. The van der Waals surface area contributed by atoms with Gasteiger partial charge in [-0.15, -0.1) is 11.8 Å². The summed E-state index contributed by atoms with van der Waals surface area (Å²) in [4.78, 5) is 23.1. The third-order valence-corrected chi connectivity index (χ3v) is 5.72. The smallest absolute Gasteiger partial charge is 0.339 e. The van der Waals surface area contributed by atoms with Crippen molar-refractivity contribution in [2.75, 3.05) is 23.9 Å². The minimum atomic E-state index is -1.13. The lowest BCUT2D eigenvalue weighted by Crippen LogP contribution is -2.19. The van der Waals surface area contributed by atoms with Crippen molar-refractivity contribution >= 4 is 35.5 Å². The van der Waals surface area contributed by atoms with E-state index in [1.54, 1.807) is 35.7 Å². The van der Waals surface area contributed by atoms with Crippen molar-refractivity contribution in [3.63, 3.8) is 0 Å². The second kappa shape index (κ2) is 7.56. The molecule has 0 spiro atoms. The van der Waals surface area contributed by atoms with Gasteiger partial charge in [0.25, 0.3) is 0 Å². The van der Waals surface area contributed by atoms with Crippen LogP contribution in [0.1, 0.15) is 20.7 Å². The Labute approximate surface area is 131 Å². The molecule has 1 aromatic carbocycles. The van der Waals surface area contributed by atoms with Crippen LogP contribution >= 0.6 is 23.5 Å². The van der Waals surface area contributed by atoms with Gasteiger partial charge >= 0.3 is 11.9 Å². The van der Waals surface area contributed by atoms with Gasteiger partial charge in [-0.1, -0.05) is 24.3 Å². The second-order valence-electron chi connectivity index (χ2n) is 4.65. The lowest BCUT2D eigenvalue weighted by atomic mass is 10.1. The number of carboxylic acids is 1. The summed E-state index contributed by atoms with van der Waals surface area (Å²) in [5.41, 5.74) is 1.26. The van der Waals surface area contributed by atoms with Crippen LogP contribution < -0.4 is 0 Å². The van der Waals surface area contributed by atoms with Crippen molar-refractivity contribution in [2.45, 2.75) is 5.25 Å². The minimum Gasteiger partial charge on any atom is -0.478 e. The van der Waals surface area contributed by atoms with Gasteiger partial charge in [-0.05, 0) is 12.1 Å². The Kier molecular flexibility index (Phi) is 5.76. The van der Waals surface area contributed by atoms with E-state index in [4.69, 9.17) is 9.84 Å². The minimum absolute atomic E-state index is 0.0289. The summed E-state index contributed by atoms with van der Waals surface area (Å²) in [6, 6.07) is 6.09. The highest BCUT2D eigenvalue weighted by molar-refractivity contribution is 8.04. The number of ether oxygens (including phenoxy) is 1. The predicted molar refractivity (Wildman–Crippen MR) is 86.4 cm³/mol. The van der Waals surface area contributed by atoms with Gasteiger partial charge in [0.1, 0.15) is 6.61 Å². The van der Waals surface area contributed by atoms with E-state index in [2.05, 4.69) is 6.58 Å². The number of rotatable bonds is 4. The maximum atomic E-state index is 12.0. The monoisotopic (exact) mass is 324 g/mol. The highest BCUT2D eigenvalue weighted by atomic mass is 32.2. The lowest BCUT2D eigenvalue weighted by molar-refractivity contribution is 0.0500. The lowest BCUT2D eigenvalue weighted by Gasteiger charge is -2.14. The Morgan fingerprint density at radius 1 is 1.29 bits per heavy atom. The molecule has 0 amide bonds. The van der Waals surface area contributed by atoms with Crippen molar-refractivity contribution in [2.24, 2.45) is 0 Å². The van der Waals surface area contributed by atoms with Gasteiger partial charge in [0, 0.05) is 22.5 Å². The average molecular weight is 324 g/mol. The standard InChI is InChI=1S/C15H16O4S2/c1-10-7-20-9-11(21-8-10)6-19-15(18)13-5-3-2-4-12(13)14(16)17/h2-5,11H,1,6-9H2,(H,16,17). The van der Waals surface area contributed by atoms with E-state index >= 15 is 0 Å². The molecular formula is C15H16O4S2. The van der Waals surface area contributed by atoms with Crippen molar-refractivity contribution in [1.29, 1.82) is 0 Å². The molecule has 1 saturated heterocycles. The highest BCUT2D eigenvalue weighted by Crippen LogP contribution is 2.26. The van der Waals surface area contributed by atoms with Crippen LogP contribution in [0.15, 0.2) is 36.4 Å². The quantitative estimate of drug-likeness (QED) is 0.678. The normalized spacial score (nSPS) is 18.9. The van der Waals surface area contributed by atoms with E-state index in [1.165, 1.54) is 17.7 Å². The zero-order chi connectivity index (χ0) is 15.2. The molecule has 0 aromatic heterocycles. The third kappa shape index (κ3) is 4.54. The maximum Gasteiger partial charge on any atom is 0.339 e. The highest BCUT2D eigenvalue weighted by Gasteiger charge is 2.20. The van der Waals surface area contributed by atoms with E-state index in [0.29, 0.717) is 0 Å². The van der Waals surface area contributed by atoms with Crippen LogP contribution in [0.3, 0.4) is 0 Å². The van der Waals surface area contributed by atoms with Crippen LogP contribution in [0, 0.1) is 0 Å². The number of benzene rings is 1. The first-order valence-electron chi connectivity index (χ1n) is 6.43. The molecule has 1 heterocycles. The molecule has 0 aliphatic carbocycles. The molecule has 2 rings (SSSR count). The fourth-order valence-corrected chi connectivity index (χ4v) is 4.26. The molecule has 1 aliphatic rings.